The van der Waals surface area contributed by atoms with E-state index in [1.165, 1.54) is 0 Å². The first-order chi connectivity index (χ1) is 6.68. The molecule has 1 heterocycles. The van der Waals surface area contributed by atoms with Crippen molar-refractivity contribution < 1.29 is 14.3 Å². The van der Waals surface area contributed by atoms with E-state index in [0.717, 1.165) is 25.9 Å². The van der Waals surface area contributed by atoms with E-state index >= 15 is 0 Å². The van der Waals surface area contributed by atoms with Crippen LogP contribution in [0.1, 0.15) is 26.7 Å². The summed E-state index contributed by atoms with van der Waals surface area (Å²) in [6.07, 6.45) is 1.63. The summed E-state index contributed by atoms with van der Waals surface area (Å²) in [6, 6.07) is 0. The van der Waals surface area contributed by atoms with Crippen LogP contribution in [0.3, 0.4) is 0 Å². The van der Waals surface area contributed by atoms with Crippen molar-refractivity contribution in [1.29, 1.82) is 0 Å². The lowest BCUT2D eigenvalue weighted by Crippen LogP contribution is -2.33. The molecular weight excluding hydrogens is 182 g/mol. The third-order valence-corrected chi connectivity index (χ3v) is 2.17. The van der Waals surface area contributed by atoms with E-state index < -0.39 is 6.16 Å². The second kappa shape index (κ2) is 5.86. The lowest BCUT2D eigenvalue weighted by atomic mass is 10.0. The predicted molar refractivity (Wildman–Crippen MR) is 53.2 cm³/mol. The second-order valence-corrected chi connectivity index (χ2v) is 3.94. The number of carbonyl (C=O) groups excluding carboxylic acids is 1. The van der Waals surface area contributed by atoms with Gasteiger partial charge in [0, 0.05) is 12.5 Å². The smallest absolute Gasteiger partial charge is 0.434 e. The molecule has 1 N–H and O–H groups in total. The molecular formula is C10H19NO3. The monoisotopic (exact) mass is 201 g/mol. The SMILES string of the molecule is CC(C)OC(=O)OCC1CCCNC1. The largest absolute Gasteiger partial charge is 0.508 e. The van der Waals surface area contributed by atoms with Crippen molar-refractivity contribution in [2.75, 3.05) is 19.7 Å². The van der Waals surface area contributed by atoms with Crippen LogP contribution in [0.2, 0.25) is 0 Å². The van der Waals surface area contributed by atoms with Gasteiger partial charge in [-0.1, -0.05) is 0 Å². The number of nitrogens with one attached hydrogen (secondary N) is 1. The first-order valence-corrected chi connectivity index (χ1v) is 5.22. The van der Waals surface area contributed by atoms with Gasteiger partial charge in [0.15, 0.2) is 0 Å². The van der Waals surface area contributed by atoms with E-state index in [-0.39, 0.29) is 6.10 Å². The number of rotatable bonds is 3. The van der Waals surface area contributed by atoms with Gasteiger partial charge in [-0.3, -0.25) is 0 Å². The Labute approximate surface area is 85.0 Å². The first-order valence-electron chi connectivity index (χ1n) is 5.22. The Morgan fingerprint density at radius 2 is 2.36 bits per heavy atom. The number of ether oxygens (including phenoxy) is 2. The maximum Gasteiger partial charge on any atom is 0.508 e. The van der Waals surface area contributed by atoms with Crippen LogP contribution < -0.4 is 5.32 Å². The minimum Gasteiger partial charge on any atom is -0.434 e. The summed E-state index contributed by atoms with van der Waals surface area (Å²) < 4.78 is 9.85. The Kier molecular flexibility index (Phi) is 4.73. The molecule has 0 saturated carbocycles. The fourth-order valence-electron chi connectivity index (χ4n) is 1.48. The van der Waals surface area contributed by atoms with Crippen molar-refractivity contribution in [2.24, 2.45) is 5.92 Å². The minimum atomic E-state index is -0.550. The van der Waals surface area contributed by atoms with Crippen molar-refractivity contribution in [3.8, 4) is 0 Å². The van der Waals surface area contributed by atoms with Gasteiger partial charge in [-0.2, -0.15) is 0 Å². The minimum absolute atomic E-state index is 0.105. The van der Waals surface area contributed by atoms with Gasteiger partial charge in [-0.05, 0) is 33.2 Å². The molecule has 1 fully saturated rings. The van der Waals surface area contributed by atoms with E-state index in [2.05, 4.69) is 5.32 Å². The molecule has 0 amide bonds. The van der Waals surface area contributed by atoms with Gasteiger partial charge in [-0.25, -0.2) is 4.79 Å². The summed E-state index contributed by atoms with van der Waals surface area (Å²) in [7, 11) is 0. The molecule has 0 aliphatic carbocycles. The van der Waals surface area contributed by atoms with Crippen LogP contribution in [0.5, 0.6) is 0 Å². The highest BCUT2D eigenvalue weighted by atomic mass is 16.7. The molecule has 1 rings (SSSR count). The molecule has 1 aliphatic rings. The molecule has 0 spiro atoms. The highest BCUT2D eigenvalue weighted by Crippen LogP contribution is 2.10. The molecule has 1 atom stereocenters. The van der Waals surface area contributed by atoms with Gasteiger partial charge in [0.25, 0.3) is 0 Å². The molecule has 0 aromatic rings. The highest BCUT2D eigenvalue weighted by Gasteiger charge is 2.15. The molecule has 82 valence electrons. The molecule has 14 heavy (non-hydrogen) atoms. The zero-order chi connectivity index (χ0) is 10.4. The quantitative estimate of drug-likeness (QED) is 0.704. The van der Waals surface area contributed by atoms with Crippen molar-refractivity contribution in [3.05, 3.63) is 0 Å². The van der Waals surface area contributed by atoms with Gasteiger partial charge in [0.1, 0.15) is 0 Å². The highest BCUT2D eigenvalue weighted by molar-refractivity contribution is 5.59. The average Bonchev–Trinajstić information content (AvgIpc) is 2.15. The molecule has 1 unspecified atom stereocenters. The predicted octanol–water partition coefficient (Wildman–Crippen LogP) is 1.55. The van der Waals surface area contributed by atoms with Crippen LogP contribution in [-0.2, 0) is 9.47 Å². The summed E-state index contributed by atoms with van der Waals surface area (Å²) in [6.45, 7) is 6.10. The van der Waals surface area contributed by atoms with Crippen molar-refractivity contribution in [3.63, 3.8) is 0 Å². The van der Waals surface area contributed by atoms with Crippen LogP contribution in [0.15, 0.2) is 0 Å². The van der Waals surface area contributed by atoms with Crippen molar-refractivity contribution >= 4 is 6.16 Å². The van der Waals surface area contributed by atoms with E-state index in [1.807, 2.05) is 13.8 Å². The van der Waals surface area contributed by atoms with Crippen LogP contribution >= 0.6 is 0 Å². The van der Waals surface area contributed by atoms with Crippen LogP contribution in [0.4, 0.5) is 4.79 Å². The van der Waals surface area contributed by atoms with Crippen LogP contribution in [0, 0.1) is 5.92 Å². The van der Waals surface area contributed by atoms with E-state index in [0.29, 0.717) is 12.5 Å². The summed E-state index contributed by atoms with van der Waals surface area (Å²) in [5, 5.41) is 3.27. The van der Waals surface area contributed by atoms with E-state index in [1.54, 1.807) is 0 Å². The van der Waals surface area contributed by atoms with E-state index in [9.17, 15) is 4.79 Å². The Bertz CT molecular complexity index is 176. The summed E-state index contributed by atoms with van der Waals surface area (Å²) in [5.74, 6) is 0.448. The Hall–Kier alpha value is -0.770. The molecule has 1 saturated heterocycles. The van der Waals surface area contributed by atoms with Crippen molar-refractivity contribution in [2.45, 2.75) is 32.8 Å². The summed E-state index contributed by atoms with van der Waals surface area (Å²) >= 11 is 0. The molecule has 0 bridgehead atoms. The Morgan fingerprint density at radius 3 is 2.93 bits per heavy atom. The van der Waals surface area contributed by atoms with Gasteiger partial charge < -0.3 is 14.8 Å². The summed E-state index contributed by atoms with van der Waals surface area (Å²) in [4.78, 5) is 11.0. The lowest BCUT2D eigenvalue weighted by Gasteiger charge is -2.22. The molecule has 1 aliphatic heterocycles. The average molecular weight is 201 g/mol. The molecule has 0 aromatic carbocycles. The Morgan fingerprint density at radius 1 is 1.57 bits per heavy atom. The molecule has 4 nitrogen and oxygen atoms in total. The number of hydrogen-bond acceptors (Lipinski definition) is 4. The zero-order valence-electron chi connectivity index (χ0n) is 8.91. The van der Waals surface area contributed by atoms with E-state index in [4.69, 9.17) is 9.47 Å². The zero-order valence-corrected chi connectivity index (χ0v) is 8.91. The Balaban J connectivity index is 2.09. The fourth-order valence-corrected chi connectivity index (χ4v) is 1.48. The number of piperidine rings is 1. The number of carbonyl (C=O) groups is 1. The van der Waals surface area contributed by atoms with Gasteiger partial charge in [0.2, 0.25) is 0 Å². The van der Waals surface area contributed by atoms with Crippen molar-refractivity contribution in [1.82, 2.24) is 5.32 Å². The summed E-state index contributed by atoms with van der Waals surface area (Å²) in [5.41, 5.74) is 0. The number of hydrogen-bond donors (Lipinski definition) is 1. The van der Waals surface area contributed by atoms with Gasteiger partial charge in [0.05, 0.1) is 12.7 Å². The van der Waals surface area contributed by atoms with Crippen LogP contribution in [-0.4, -0.2) is 32.0 Å². The first kappa shape index (κ1) is 11.3. The second-order valence-electron chi connectivity index (χ2n) is 3.94. The maximum absolute atomic E-state index is 11.0. The van der Waals surface area contributed by atoms with Crippen LogP contribution in [0.25, 0.3) is 0 Å². The molecule has 4 heteroatoms. The third kappa shape index (κ3) is 4.46. The maximum atomic E-state index is 11.0. The van der Waals surface area contributed by atoms with Gasteiger partial charge >= 0.3 is 6.16 Å². The molecule has 0 radical (unpaired) electrons. The third-order valence-electron chi connectivity index (χ3n) is 2.17. The lowest BCUT2D eigenvalue weighted by molar-refractivity contribution is 0.0233. The van der Waals surface area contributed by atoms with Gasteiger partial charge in [-0.15, -0.1) is 0 Å². The fraction of sp³-hybridized carbons (Fsp3) is 0.900. The topological polar surface area (TPSA) is 47.6 Å². The normalized spacial score (nSPS) is 22.1. The molecule has 0 aromatic heterocycles. The standard InChI is InChI=1S/C10H19NO3/c1-8(2)14-10(12)13-7-9-4-3-5-11-6-9/h8-9,11H,3-7H2,1-2H3.